The maximum absolute atomic E-state index is 10.9. The van der Waals surface area contributed by atoms with Crippen LogP contribution >= 0.6 is 0 Å². The molecule has 0 saturated heterocycles. The molecule has 0 aliphatic rings. The predicted molar refractivity (Wildman–Crippen MR) is 38.2 cm³/mol. The van der Waals surface area contributed by atoms with E-state index in [2.05, 4.69) is 4.74 Å². The molecule has 0 aromatic heterocycles. The van der Waals surface area contributed by atoms with Gasteiger partial charge in [0.05, 0.1) is 12.5 Å². The third kappa shape index (κ3) is 1.68. The molecular weight excluding hydrogens is 132 g/mol. The van der Waals surface area contributed by atoms with Gasteiger partial charge in [0.1, 0.15) is 0 Å². The minimum Gasteiger partial charge on any atom is -0.469 e. The second-order valence-electron chi connectivity index (χ2n) is 2.46. The summed E-state index contributed by atoms with van der Waals surface area (Å²) in [5.74, 6) is -0.350. The summed E-state index contributed by atoms with van der Waals surface area (Å²) in [6.07, 6.45) is 0. The van der Waals surface area contributed by atoms with Gasteiger partial charge in [-0.1, -0.05) is 0 Å². The van der Waals surface area contributed by atoms with Gasteiger partial charge >= 0.3 is 5.97 Å². The van der Waals surface area contributed by atoms with Crippen LogP contribution in [0.15, 0.2) is 0 Å². The molecule has 10 heavy (non-hydrogen) atoms. The van der Waals surface area contributed by atoms with Gasteiger partial charge in [-0.15, -0.1) is 0 Å². The third-order valence-corrected chi connectivity index (χ3v) is 1.58. The van der Waals surface area contributed by atoms with E-state index in [4.69, 9.17) is 11.5 Å². The Bertz CT molecular complexity index is 121. The molecule has 0 saturated carbocycles. The summed E-state index contributed by atoms with van der Waals surface area (Å²) in [6, 6.07) is 0. The quantitative estimate of drug-likeness (QED) is 0.505. The zero-order chi connectivity index (χ0) is 8.20. The van der Waals surface area contributed by atoms with E-state index in [1.165, 1.54) is 7.11 Å². The molecule has 0 rings (SSSR count). The fraction of sp³-hybridized carbons (Fsp3) is 0.833. The molecule has 60 valence electrons. The summed E-state index contributed by atoms with van der Waals surface area (Å²) in [4.78, 5) is 10.9. The average Bonchev–Trinajstić information content (AvgIpc) is 2.01. The van der Waals surface area contributed by atoms with E-state index in [0.717, 1.165) is 0 Å². The van der Waals surface area contributed by atoms with E-state index in [-0.39, 0.29) is 19.1 Å². The maximum Gasteiger partial charge on any atom is 0.314 e. The molecule has 0 fully saturated rings. The van der Waals surface area contributed by atoms with Crippen molar-refractivity contribution in [3.05, 3.63) is 0 Å². The fourth-order valence-electron chi connectivity index (χ4n) is 0.496. The molecule has 4 N–H and O–H groups in total. The molecule has 0 spiro atoms. The SMILES string of the molecule is COC(=O)C(C)(CN)CN. The number of carbonyl (C=O) groups excluding carboxylic acids is 1. The number of esters is 1. The van der Waals surface area contributed by atoms with Crippen LogP contribution in [0.3, 0.4) is 0 Å². The molecule has 0 radical (unpaired) electrons. The van der Waals surface area contributed by atoms with Crippen molar-refractivity contribution in [2.24, 2.45) is 16.9 Å². The molecule has 0 aromatic carbocycles. The lowest BCUT2D eigenvalue weighted by Crippen LogP contribution is -2.42. The van der Waals surface area contributed by atoms with E-state index in [1.807, 2.05) is 0 Å². The van der Waals surface area contributed by atoms with Crippen molar-refractivity contribution in [2.75, 3.05) is 20.2 Å². The average molecular weight is 146 g/mol. The smallest absolute Gasteiger partial charge is 0.314 e. The first-order valence-corrected chi connectivity index (χ1v) is 3.09. The van der Waals surface area contributed by atoms with Crippen LogP contribution in [0.5, 0.6) is 0 Å². The number of nitrogens with two attached hydrogens (primary N) is 2. The third-order valence-electron chi connectivity index (χ3n) is 1.58. The van der Waals surface area contributed by atoms with Gasteiger partial charge in [0.15, 0.2) is 0 Å². The number of rotatable bonds is 3. The molecule has 0 aliphatic carbocycles. The van der Waals surface area contributed by atoms with Crippen molar-refractivity contribution >= 4 is 5.97 Å². The summed E-state index contributed by atoms with van der Waals surface area (Å²) >= 11 is 0. The number of carbonyl (C=O) groups is 1. The molecule has 0 aliphatic heterocycles. The van der Waals surface area contributed by atoms with E-state index in [9.17, 15) is 4.79 Å². The fourth-order valence-corrected chi connectivity index (χ4v) is 0.496. The number of hydrogen-bond acceptors (Lipinski definition) is 4. The van der Waals surface area contributed by atoms with Crippen molar-refractivity contribution < 1.29 is 9.53 Å². The van der Waals surface area contributed by atoms with Crippen molar-refractivity contribution in [1.82, 2.24) is 0 Å². The molecule has 4 nitrogen and oxygen atoms in total. The molecule has 0 heterocycles. The summed E-state index contributed by atoms with van der Waals surface area (Å²) in [5, 5.41) is 0. The van der Waals surface area contributed by atoms with E-state index < -0.39 is 5.41 Å². The van der Waals surface area contributed by atoms with Gasteiger partial charge in [0.2, 0.25) is 0 Å². The van der Waals surface area contributed by atoms with Gasteiger partial charge in [-0.05, 0) is 6.92 Å². The second-order valence-corrected chi connectivity index (χ2v) is 2.46. The Balaban J connectivity index is 4.17. The van der Waals surface area contributed by atoms with Crippen molar-refractivity contribution in [2.45, 2.75) is 6.92 Å². The molecule has 0 amide bonds. The van der Waals surface area contributed by atoms with E-state index in [0.29, 0.717) is 0 Å². The summed E-state index contributed by atoms with van der Waals surface area (Å²) in [7, 11) is 1.33. The van der Waals surface area contributed by atoms with Gasteiger partial charge in [-0.2, -0.15) is 0 Å². The normalized spacial score (nSPS) is 11.2. The second kappa shape index (κ2) is 3.53. The van der Waals surface area contributed by atoms with Crippen LogP contribution in [0.25, 0.3) is 0 Å². The Labute approximate surface area is 60.5 Å². The zero-order valence-corrected chi connectivity index (χ0v) is 6.39. The lowest BCUT2D eigenvalue weighted by molar-refractivity contribution is -0.150. The first kappa shape index (κ1) is 9.39. The summed E-state index contributed by atoms with van der Waals surface area (Å²) in [6.45, 7) is 2.12. The molecule has 0 unspecified atom stereocenters. The van der Waals surface area contributed by atoms with Gasteiger partial charge in [0.25, 0.3) is 0 Å². The van der Waals surface area contributed by atoms with Gasteiger partial charge < -0.3 is 16.2 Å². The molecule has 4 heteroatoms. The number of ether oxygens (including phenoxy) is 1. The molecule has 0 bridgehead atoms. The monoisotopic (exact) mass is 146 g/mol. The number of hydrogen-bond donors (Lipinski definition) is 2. The van der Waals surface area contributed by atoms with Crippen molar-refractivity contribution in [3.63, 3.8) is 0 Å². The van der Waals surface area contributed by atoms with Crippen LogP contribution in [0.2, 0.25) is 0 Å². The van der Waals surface area contributed by atoms with E-state index >= 15 is 0 Å². The van der Waals surface area contributed by atoms with Crippen LogP contribution in [-0.4, -0.2) is 26.2 Å². The largest absolute Gasteiger partial charge is 0.469 e. The first-order valence-electron chi connectivity index (χ1n) is 3.09. The lowest BCUT2D eigenvalue weighted by Gasteiger charge is -2.21. The summed E-state index contributed by atoms with van der Waals surface area (Å²) in [5.41, 5.74) is 9.91. The van der Waals surface area contributed by atoms with Crippen LogP contribution in [-0.2, 0) is 9.53 Å². The Hall–Kier alpha value is -0.610. The Morgan fingerprint density at radius 1 is 1.50 bits per heavy atom. The van der Waals surface area contributed by atoms with Crippen LogP contribution in [0, 0.1) is 5.41 Å². The first-order chi connectivity index (χ1) is 4.60. The minimum atomic E-state index is -0.714. The van der Waals surface area contributed by atoms with Gasteiger partial charge in [0, 0.05) is 13.1 Å². The molecule has 0 aromatic rings. The standard InChI is InChI=1S/C6H14N2O2/c1-6(3-7,4-8)5(9)10-2/h3-4,7-8H2,1-2H3. The highest BCUT2D eigenvalue weighted by molar-refractivity contribution is 5.76. The van der Waals surface area contributed by atoms with Crippen molar-refractivity contribution in [1.29, 1.82) is 0 Å². The van der Waals surface area contributed by atoms with Gasteiger partial charge in [-0.3, -0.25) is 4.79 Å². The molecule has 0 atom stereocenters. The highest BCUT2D eigenvalue weighted by Gasteiger charge is 2.30. The maximum atomic E-state index is 10.9. The van der Waals surface area contributed by atoms with Gasteiger partial charge in [-0.25, -0.2) is 0 Å². The topological polar surface area (TPSA) is 78.3 Å². The van der Waals surface area contributed by atoms with E-state index in [1.54, 1.807) is 6.92 Å². The Kier molecular flexibility index (Phi) is 3.32. The molecular formula is C6H14N2O2. The zero-order valence-electron chi connectivity index (χ0n) is 6.39. The highest BCUT2D eigenvalue weighted by atomic mass is 16.5. The lowest BCUT2D eigenvalue weighted by atomic mass is 9.91. The Morgan fingerprint density at radius 2 is 1.90 bits per heavy atom. The minimum absolute atomic E-state index is 0.218. The predicted octanol–water partition coefficient (Wildman–Crippen LogP) is -0.917. The Morgan fingerprint density at radius 3 is 2.00 bits per heavy atom. The van der Waals surface area contributed by atoms with Crippen LogP contribution < -0.4 is 11.5 Å². The highest BCUT2D eigenvalue weighted by Crippen LogP contribution is 2.13. The number of methoxy groups -OCH3 is 1. The van der Waals surface area contributed by atoms with Crippen LogP contribution in [0.4, 0.5) is 0 Å². The van der Waals surface area contributed by atoms with Crippen LogP contribution in [0.1, 0.15) is 6.92 Å². The summed E-state index contributed by atoms with van der Waals surface area (Å²) < 4.78 is 4.50. The van der Waals surface area contributed by atoms with Crippen molar-refractivity contribution in [3.8, 4) is 0 Å².